The number of aromatic nitrogens is 2. The van der Waals surface area contributed by atoms with Crippen LogP contribution in [0.5, 0.6) is 0 Å². The van der Waals surface area contributed by atoms with Crippen molar-refractivity contribution >= 4 is 37.7 Å². The molecule has 0 spiro atoms. The van der Waals surface area contributed by atoms with Crippen LogP contribution in [0.15, 0.2) is 53.1 Å². The van der Waals surface area contributed by atoms with Gasteiger partial charge in [-0.15, -0.1) is 0 Å². The Hall–Kier alpha value is -2.17. The van der Waals surface area contributed by atoms with Crippen molar-refractivity contribution in [3.63, 3.8) is 0 Å². The second-order valence-corrected chi connectivity index (χ2v) is 7.77. The van der Waals surface area contributed by atoms with Gasteiger partial charge in [-0.05, 0) is 61.6 Å². The summed E-state index contributed by atoms with van der Waals surface area (Å²) in [5, 5.41) is 2.46. The van der Waals surface area contributed by atoms with Crippen molar-refractivity contribution in [2.24, 2.45) is 5.73 Å². The van der Waals surface area contributed by atoms with Crippen LogP contribution in [0.4, 0.5) is 0 Å². The molecule has 0 aliphatic rings. The van der Waals surface area contributed by atoms with Crippen LogP contribution in [-0.4, -0.2) is 16.5 Å². The molecule has 0 aliphatic carbocycles. The number of H-pyrrole nitrogens is 1. The summed E-state index contributed by atoms with van der Waals surface area (Å²) in [6.45, 7) is 2.95. The van der Waals surface area contributed by atoms with Crippen LogP contribution in [0.25, 0.3) is 33.1 Å². The van der Waals surface area contributed by atoms with E-state index in [1.54, 1.807) is 0 Å². The number of benzene rings is 2. The van der Waals surface area contributed by atoms with E-state index in [9.17, 15) is 0 Å². The molecule has 0 unspecified atom stereocenters. The van der Waals surface area contributed by atoms with Gasteiger partial charge in [0.2, 0.25) is 0 Å². The Labute approximate surface area is 168 Å². The summed E-state index contributed by atoms with van der Waals surface area (Å²) in [4.78, 5) is 8.45. The van der Waals surface area contributed by atoms with Gasteiger partial charge in [0.1, 0.15) is 0 Å². The average molecular weight is 422 g/mol. The van der Waals surface area contributed by atoms with Gasteiger partial charge in [0.15, 0.2) is 0 Å². The van der Waals surface area contributed by atoms with E-state index >= 15 is 0 Å². The van der Waals surface area contributed by atoms with Crippen LogP contribution in [-0.2, 0) is 12.8 Å². The minimum atomic E-state index is 0.737. The molecular weight excluding hydrogens is 398 g/mol. The van der Waals surface area contributed by atoms with E-state index in [1.165, 1.54) is 27.7 Å². The first-order chi connectivity index (χ1) is 13.2. The van der Waals surface area contributed by atoms with E-state index in [4.69, 9.17) is 10.7 Å². The van der Waals surface area contributed by atoms with E-state index in [1.807, 2.05) is 12.3 Å². The smallest absolute Gasteiger partial charge is 0.0806 e. The Balaban J connectivity index is 1.98. The van der Waals surface area contributed by atoms with Crippen LogP contribution in [0.3, 0.4) is 0 Å². The molecule has 0 radical (unpaired) electrons. The Morgan fingerprint density at radius 1 is 1.04 bits per heavy atom. The summed E-state index contributed by atoms with van der Waals surface area (Å²) >= 11 is 3.67. The van der Waals surface area contributed by atoms with Gasteiger partial charge >= 0.3 is 0 Å². The Bertz CT molecular complexity index is 1100. The second kappa shape index (κ2) is 7.83. The first kappa shape index (κ1) is 18.2. The lowest BCUT2D eigenvalue weighted by Gasteiger charge is -2.09. The molecule has 3 nitrogen and oxygen atoms in total. The van der Waals surface area contributed by atoms with E-state index in [0.717, 1.165) is 53.2 Å². The number of hydrogen-bond donors (Lipinski definition) is 2. The van der Waals surface area contributed by atoms with Gasteiger partial charge in [0.25, 0.3) is 0 Å². The summed E-state index contributed by atoms with van der Waals surface area (Å²) in [6, 6.07) is 15.0. The third-order valence-electron chi connectivity index (χ3n) is 5.28. The number of pyridine rings is 1. The molecule has 138 valence electrons. The maximum absolute atomic E-state index is 5.74. The van der Waals surface area contributed by atoms with Crippen molar-refractivity contribution in [1.29, 1.82) is 0 Å². The number of nitrogens with two attached hydrogens (primary N) is 1. The van der Waals surface area contributed by atoms with E-state index in [2.05, 4.69) is 64.2 Å². The predicted molar refractivity (Wildman–Crippen MR) is 118 cm³/mol. The highest BCUT2D eigenvalue weighted by Crippen LogP contribution is 2.37. The van der Waals surface area contributed by atoms with Gasteiger partial charge < -0.3 is 10.7 Å². The summed E-state index contributed by atoms with van der Waals surface area (Å²) in [5.74, 6) is 0. The number of rotatable bonds is 6. The van der Waals surface area contributed by atoms with E-state index < -0.39 is 0 Å². The Morgan fingerprint density at radius 2 is 1.89 bits per heavy atom. The molecule has 0 saturated heterocycles. The average Bonchev–Trinajstić information content (AvgIpc) is 3.07. The van der Waals surface area contributed by atoms with Crippen molar-refractivity contribution < 1.29 is 0 Å². The van der Waals surface area contributed by atoms with Crippen molar-refractivity contribution in [2.45, 2.75) is 32.6 Å². The maximum atomic E-state index is 5.74. The molecule has 4 rings (SSSR count). The Kier molecular flexibility index (Phi) is 5.28. The van der Waals surface area contributed by atoms with Gasteiger partial charge in [-0.1, -0.05) is 47.1 Å². The summed E-state index contributed by atoms with van der Waals surface area (Å²) in [5.41, 5.74) is 13.1. The van der Waals surface area contributed by atoms with Crippen molar-refractivity contribution in [2.75, 3.05) is 6.54 Å². The lowest BCUT2D eigenvalue weighted by atomic mass is 9.98. The highest BCUT2D eigenvalue weighted by Gasteiger charge is 2.17. The molecule has 2 aromatic carbocycles. The number of nitrogens with one attached hydrogen (secondary N) is 1. The zero-order valence-corrected chi connectivity index (χ0v) is 17.1. The predicted octanol–water partition coefficient (Wildman–Crippen LogP) is 5.99. The lowest BCUT2D eigenvalue weighted by Crippen LogP contribution is -1.99. The molecule has 0 aliphatic heterocycles. The standard InChI is InChI=1S/C23H24BrN3/c1-2-15-7-5-9-16-17(8-3-4-13-25)23(27-21(15)16)19-11-12-20(24)18-10-6-14-26-22(18)19/h5-7,9-12,14,27H,2-4,8,13,25H2,1H3. The van der Waals surface area contributed by atoms with Gasteiger partial charge in [-0.3, -0.25) is 4.98 Å². The summed E-state index contributed by atoms with van der Waals surface area (Å²) in [6.07, 6.45) is 6.03. The highest BCUT2D eigenvalue weighted by molar-refractivity contribution is 9.10. The highest BCUT2D eigenvalue weighted by atomic mass is 79.9. The topological polar surface area (TPSA) is 54.7 Å². The minimum absolute atomic E-state index is 0.737. The number of unbranched alkanes of at least 4 members (excludes halogenated alkanes) is 1. The van der Waals surface area contributed by atoms with Crippen LogP contribution < -0.4 is 5.73 Å². The maximum Gasteiger partial charge on any atom is 0.0806 e. The van der Waals surface area contributed by atoms with E-state index in [0.29, 0.717) is 0 Å². The monoisotopic (exact) mass is 421 g/mol. The van der Waals surface area contributed by atoms with Crippen molar-refractivity contribution in [3.8, 4) is 11.3 Å². The molecule has 2 heterocycles. The largest absolute Gasteiger partial charge is 0.354 e. The normalized spacial score (nSPS) is 11.5. The first-order valence-corrected chi connectivity index (χ1v) is 10.4. The number of fused-ring (bicyclic) bond motifs is 2. The molecule has 3 N–H and O–H groups in total. The van der Waals surface area contributed by atoms with Crippen LogP contribution in [0, 0.1) is 0 Å². The Morgan fingerprint density at radius 3 is 2.70 bits per heavy atom. The number of halogens is 1. The first-order valence-electron chi connectivity index (χ1n) is 9.60. The fourth-order valence-corrected chi connectivity index (χ4v) is 4.36. The molecule has 2 aromatic heterocycles. The van der Waals surface area contributed by atoms with Crippen LogP contribution >= 0.6 is 15.9 Å². The molecule has 27 heavy (non-hydrogen) atoms. The van der Waals surface area contributed by atoms with Gasteiger partial charge in [0.05, 0.1) is 11.2 Å². The van der Waals surface area contributed by atoms with Crippen molar-refractivity contribution in [1.82, 2.24) is 9.97 Å². The summed E-state index contributed by atoms with van der Waals surface area (Å²) < 4.78 is 1.07. The minimum Gasteiger partial charge on any atom is -0.354 e. The quantitative estimate of drug-likeness (QED) is 0.375. The molecule has 0 bridgehead atoms. The van der Waals surface area contributed by atoms with Crippen LogP contribution in [0.1, 0.15) is 30.9 Å². The number of hydrogen-bond acceptors (Lipinski definition) is 2. The molecule has 4 heteroatoms. The summed E-state index contributed by atoms with van der Waals surface area (Å²) in [7, 11) is 0. The molecule has 0 amide bonds. The molecular formula is C23H24BrN3. The molecule has 0 fully saturated rings. The fourth-order valence-electron chi connectivity index (χ4n) is 3.90. The second-order valence-electron chi connectivity index (χ2n) is 6.91. The van der Waals surface area contributed by atoms with E-state index in [-0.39, 0.29) is 0 Å². The number of aromatic amines is 1. The number of aryl methyl sites for hydroxylation is 2. The lowest BCUT2D eigenvalue weighted by molar-refractivity contribution is 0.748. The van der Waals surface area contributed by atoms with Crippen LogP contribution in [0.2, 0.25) is 0 Å². The molecule has 0 atom stereocenters. The number of para-hydroxylation sites is 1. The third-order valence-corrected chi connectivity index (χ3v) is 5.97. The number of nitrogens with zero attached hydrogens (tertiary/aromatic N) is 1. The third kappa shape index (κ3) is 3.28. The van der Waals surface area contributed by atoms with Crippen molar-refractivity contribution in [3.05, 3.63) is 64.3 Å². The fraction of sp³-hybridized carbons (Fsp3) is 0.261. The zero-order chi connectivity index (χ0) is 18.8. The SMILES string of the molecule is CCc1cccc2c(CCCCN)c(-c3ccc(Br)c4cccnc34)[nH]c12. The van der Waals surface area contributed by atoms with Gasteiger partial charge in [-0.25, -0.2) is 0 Å². The molecule has 4 aromatic rings. The molecule has 0 saturated carbocycles. The van der Waals surface area contributed by atoms with Gasteiger partial charge in [-0.2, -0.15) is 0 Å². The van der Waals surface area contributed by atoms with Gasteiger partial charge in [0, 0.05) is 32.5 Å². The zero-order valence-electron chi connectivity index (χ0n) is 15.6.